The summed E-state index contributed by atoms with van der Waals surface area (Å²) in [6, 6.07) is 13.0. The van der Waals surface area contributed by atoms with E-state index in [0.717, 1.165) is 94.5 Å². The monoisotopic (exact) mass is 1930 g/mol. The highest BCUT2D eigenvalue weighted by molar-refractivity contribution is 4.75. The lowest BCUT2D eigenvalue weighted by molar-refractivity contribution is -0.910. The highest BCUT2D eigenvalue weighted by Gasteiger charge is 2.28. The van der Waals surface area contributed by atoms with E-state index < -0.39 is 0 Å². The average molecular weight is 1930 g/mol. The van der Waals surface area contributed by atoms with Gasteiger partial charge in [0.05, 0.1) is 361 Å². The Bertz CT molecular complexity index is 2690. The molecule has 135 heavy (non-hydrogen) atoms. The van der Waals surface area contributed by atoms with Crippen LogP contribution >= 0.6 is 0 Å². The molecule has 0 aromatic carbocycles. The Balaban J connectivity index is -0.000000140. The fourth-order valence-electron chi connectivity index (χ4n) is 15.1. The van der Waals surface area contributed by atoms with Gasteiger partial charge in [0.25, 0.3) is 0 Å². The van der Waals surface area contributed by atoms with E-state index in [4.69, 9.17) is 31.6 Å². The first-order valence-corrected chi connectivity index (χ1v) is 54.0. The van der Waals surface area contributed by atoms with Crippen LogP contribution in [0.1, 0.15) is 257 Å². The third-order valence-electron chi connectivity index (χ3n) is 24.8. The second kappa shape index (κ2) is 93.8. The minimum Gasteiger partial charge on any atom is -0.331 e. The van der Waals surface area contributed by atoms with Gasteiger partial charge in [-0.1, -0.05) is 108 Å². The summed E-state index contributed by atoms with van der Waals surface area (Å²) in [6.07, 6.45) is 27.8. The molecule has 0 N–H and O–H groups in total. The van der Waals surface area contributed by atoms with Crippen LogP contribution in [0.15, 0.2) is 0 Å². The van der Waals surface area contributed by atoms with Crippen LogP contribution in [0, 0.1) is 73.4 Å². The number of quaternary nitrogens is 11. The molecule has 0 spiro atoms. The number of rotatable bonds is 65. The van der Waals surface area contributed by atoms with Crippen molar-refractivity contribution in [3.8, 4) is 36.4 Å². The molecule has 24 heteroatoms. The van der Waals surface area contributed by atoms with Crippen molar-refractivity contribution < 1.29 is 49.3 Å². The molecule has 0 saturated carbocycles. The Hall–Kier alpha value is -3.78. The van der Waals surface area contributed by atoms with Gasteiger partial charge in [0.1, 0.15) is 0 Å². The Kier molecular flexibility index (Phi) is 107. The van der Waals surface area contributed by atoms with E-state index in [9.17, 15) is 0 Å². The van der Waals surface area contributed by atoms with Crippen molar-refractivity contribution >= 4 is 0 Å². The molecule has 0 radical (unpaired) electrons. The Morgan fingerprint density at radius 1 is 0.215 bits per heavy atom. The lowest BCUT2D eigenvalue weighted by atomic mass is 9.92. The van der Waals surface area contributed by atoms with Crippen molar-refractivity contribution in [3.05, 3.63) is 0 Å². The van der Waals surface area contributed by atoms with Crippen LogP contribution in [-0.2, 0) is 0 Å². The van der Waals surface area contributed by atoms with Crippen LogP contribution in [0.25, 0.3) is 0 Å². The van der Waals surface area contributed by atoms with Crippen molar-refractivity contribution in [1.82, 2.24) is 34.3 Å². The Morgan fingerprint density at radius 3 is 0.756 bits per heavy atom. The molecule has 0 aliphatic rings. The smallest absolute Gasteiger partial charge is 0.0917 e. The van der Waals surface area contributed by atoms with Gasteiger partial charge in [0, 0.05) is 70.2 Å². The highest BCUT2D eigenvalue weighted by atomic mass is 15.4. The molecule has 0 aromatic rings. The van der Waals surface area contributed by atoms with Gasteiger partial charge in [-0.25, -0.2) is 0 Å². The minimum atomic E-state index is 0.405. The number of hydrogen-bond donors (Lipinski definition) is 0. The first-order valence-electron chi connectivity index (χ1n) is 54.0. The van der Waals surface area contributed by atoms with Crippen molar-refractivity contribution in [2.75, 3.05) is 442 Å². The maximum atomic E-state index is 8.62. The summed E-state index contributed by atoms with van der Waals surface area (Å²) < 4.78 is 11.8. The van der Waals surface area contributed by atoms with E-state index in [-0.39, 0.29) is 0 Å². The summed E-state index contributed by atoms with van der Waals surface area (Å²) in [5, 5.41) is 51.1. The largest absolute Gasteiger partial charge is 0.331 e. The number of hydrogen-bond acceptors (Lipinski definition) is 13. The first-order chi connectivity index (χ1) is 62.1. The second-order valence-corrected chi connectivity index (χ2v) is 48.2. The number of nitrogens with zero attached hydrogens (tertiary/aromatic N) is 24. The number of unbranched alkanes of at least 4 members (excludes halogenated alkanes) is 10. The van der Waals surface area contributed by atoms with Crippen molar-refractivity contribution in [2.45, 2.75) is 257 Å². The summed E-state index contributed by atoms with van der Waals surface area (Å²) in [6.45, 7) is 69.1. The van der Waals surface area contributed by atoms with Crippen LogP contribution in [-0.4, -0.2) is 526 Å². The molecule has 0 aromatic heterocycles. The third kappa shape index (κ3) is 137. The molecule has 0 fully saturated rings. The standard InChI is InChI=1S/C13H27N2.C12H25N2.2C11H27N2.C11H23N2.C10H15N4.C10H25N2.2C9H23N2.C8H21N2.C7H19N2/c1-4-6-11-15(3,12-7-5-2)13-9-8-10-14;1-4-6-10-14(3,11-7-5-2)12-8-9-13;1-12(2)10-8-6-7-9-11-13(3,4)5;1-6-12(7-2)10-11-13(5,8-3)9-4;1-4-9-13(3,10-5-2)11-7-6-8-12;1-14(8-2-5-11,9-3-6-12)10-4-7-13;1-10(2,8-11(3)4)9-12(5,6)7;1-10(2)8-6-7-9-11(3,4)5;1-6-10(3)8-9-11(4,5)7-2;1-9(2)7-6-8-10(3,4)5;1-8(2)6-7-9(3,4)5/h4-9,11-13H2,1-3H3;4-8,10-12H2,1-3H3;2*6-11H2,1-5H3;4-7,9-11H2,1-3H3;2-4,8-10H2,1H3;8-9H2,1-7H3;2*6-9H2,1-5H3;6-8H2,1-5H3;6-7H2,1-5H3/q11*+1. The van der Waals surface area contributed by atoms with E-state index in [1.54, 1.807) is 0 Å². The van der Waals surface area contributed by atoms with E-state index in [1.807, 2.05) is 7.05 Å². The number of likely N-dealkylation sites (N-methyl/N-ethyl adjacent to an activating group) is 6. The van der Waals surface area contributed by atoms with E-state index in [2.05, 4.69) is 393 Å². The summed E-state index contributed by atoms with van der Waals surface area (Å²) in [5.41, 5.74) is 0.405. The first kappa shape index (κ1) is 154. The van der Waals surface area contributed by atoms with Gasteiger partial charge in [-0.15, -0.1) is 0 Å². The number of nitriles is 6. The lowest BCUT2D eigenvalue weighted by Gasteiger charge is -2.35. The molecular weight excluding hydrogens is 1670 g/mol. The molecular formula is C111H255N24+11. The Morgan fingerprint density at radius 2 is 0.496 bits per heavy atom. The van der Waals surface area contributed by atoms with Gasteiger partial charge in [-0.3, -0.25) is 4.90 Å². The minimum absolute atomic E-state index is 0.405. The van der Waals surface area contributed by atoms with Crippen LogP contribution < -0.4 is 0 Å². The molecule has 24 nitrogen and oxygen atoms in total. The van der Waals surface area contributed by atoms with Crippen LogP contribution in [0.4, 0.5) is 0 Å². The van der Waals surface area contributed by atoms with Gasteiger partial charge in [0.2, 0.25) is 0 Å². The van der Waals surface area contributed by atoms with E-state index >= 15 is 0 Å². The molecule has 0 aliphatic carbocycles. The maximum Gasteiger partial charge on any atom is 0.0917 e. The quantitative estimate of drug-likeness (QED) is 0.0417. The normalized spacial score (nSPS) is 12.0. The van der Waals surface area contributed by atoms with E-state index in [0.29, 0.717) is 48.4 Å². The predicted octanol–water partition coefficient (Wildman–Crippen LogP) is 17.9. The topological polar surface area (TPSA) is 165 Å². The van der Waals surface area contributed by atoms with Crippen LogP contribution in [0.2, 0.25) is 0 Å². The summed E-state index contributed by atoms with van der Waals surface area (Å²) in [5.74, 6) is 0. The maximum absolute atomic E-state index is 8.62. The van der Waals surface area contributed by atoms with Gasteiger partial charge >= 0.3 is 0 Å². The molecule has 0 aliphatic heterocycles. The van der Waals surface area contributed by atoms with Crippen LogP contribution in [0.3, 0.4) is 0 Å². The summed E-state index contributed by atoms with van der Waals surface area (Å²) in [4.78, 5) is 16.1. The second-order valence-electron chi connectivity index (χ2n) is 48.2. The van der Waals surface area contributed by atoms with Crippen molar-refractivity contribution in [1.29, 1.82) is 31.6 Å². The van der Waals surface area contributed by atoms with Gasteiger partial charge in [-0.05, 0) is 202 Å². The van der Waals surface area contributed by atoms with Crippen molar-refractivity contribution in [2.24, 2.45) is 5.41 Å². The fraction of sp³-hybridized carbons (Fsp3) is 0.946. The SMILES string of the molecule is CCCC[N+](C)(CCC#N)CCCC.CCCC[N+](C)(CCCC)CCCC#N.CCC[N+](C)(CCC)CCCC#N.CCN(C)CC[N+](C)(C)CC.CCN(CC)CC[N+](C)(CC)CC.CN(C)CC(C)(C)C[N+](C)(C)C.CN(C)CCCCCC[N+](C)(C)C.CN(C)CCCC[N+](C)(C)C.CN(C)CCC[N+](C)(C)C.CN(C)CC[N+](C)(C)C.C[N+](CCC#N)(CCC#N)CCC#N. The lowest BCUT2D eigenvalue weighted by Crippen LogP contribution is -2.48. The molecule has 0 saturated heterocycles. The molecule has 0 bridgehead atoms. The zero-order chi connectivity index (χ0) is 108. The van der Waals surface area contributed by atoms with Gasteiger partial charge in [-0.2, -0.15) is 31.6 Å². The highest BCUT2D eigenvalue weighted by Crippen LogP contribution is 2.20. The zero-order valence-corrected chi connectivity index (χ0v) is 102. The summed E-state index contributed by atoms with van der Waals surface area (Å²) >= 11 is 0. The average Bonchev–Trinajstić information content (AvgIpc) is 1.13. The molecule has 0 atom stereocenters. The molecule has 808 valence electrons. The van der Waals surface area contributed by atoms with E-state index in [1.165, 1.54) is 282 Å². The zero-order valence-electron chi connectivity index (χ0n) is 102. The third-order valence-corrected chi connectivity index (χ3v) is 24.8. The van der Waals surface area contributed by atoms with Gasteiger partial charge < -0.3 is 78.7 Å². The van der Waals surface area contributed by atoms with Crippen LogP contribution in [0.5, 0.6) is 0 Å². The molecule has 0 heterocycles. The van der Waals surface area contributed by atoms with Crippen molar-refractivity contribution in [3.63, 3.8) is 0 Å². The molecule has 0 unspecified atom stereocenters. The molecule has 0 amide bonds. The molecule has 0 rings (SSSR count). The summed E-state index contributed by atoms with van der Waals surface area (Å²) in [7, 11) is 72.9. The fourth-order valence-corrected chi connectivity index (χ4v) is 15.1. The predicted molar refractivity (Wildman–Crippen MR) is 598 cm³/mol. The van der Waals surface area contributed by atoms with Gasteiger partial charge in [0.15, 0.2) is 0 Å². The Labute approximate surface area is 851 Å².